The van der Waals surface area contributed by atoms with Crippen molar-refractivity contribution in [1.29, 1.82) is 0 Å². The van der Waals surface area contributed by atoms with E-state index >= 15 is 0 Å². The van der Waals surface area contributed by atoms with Crippen LogP contribution >= 0.6 is 11.8 Å². The van der Waals surface area contributed by atoms with Gasteiger partial charge in [0.25, 0.3) is 0 Å². The van der Waals surface area contributed by atoms with Gasteiger partial charge in [0.2, 0.25) is 11.8 Å². The Balaban J connectivity index is 1.59. The minimum Gasteiger partial charge on any atom is -0.497 e. The molecule has 1 fully saturated rings. The summed E-state index contributed by atoms with van der Waals surface area (Å²) in [5.41, 5.74) is 7.95. The summed E-state index contributed by atoms with van der Waals surface area (Å²) in [6.45, 7) is 4.20. The van der Waals surface area contributed by atoms with E-state index in [0.717, 1.165) is 47.3 Å². The highest BCUT2D eigenvalue weighted by atomic mass is 32.2. The van der Waals surface area contributed by atoms with Gasteiger partial charge in [-0.15, -0.1) is 0 Å². The van der Waals surface area contributed by atoms with E-state index in [1.54, 1.807) is 7.11 Å². The van der Waals surface area contributed by atoms with Gasteiger partial charge in [-0.2, -0.15) is 4.98 Å². The van der Waals surface area contributed by atoms with Crippen molar-refractivity contribution in [1.82, 2.24) is 14.9 Å². The minimum absolute atomic E-state index is 0.436. The molecule has 1 aromatic heterocycles. The number of aromatic nitrogens is 2. The molecule has 2 aromatic carbocycles. The van der Waals surface area contributed by atoms with Crippen molar-refractivity contribution in [2.75, 3.05) is 51.0 Å². The summed E-state index contributed by atoms with van der Waals surface area (Å²) in [6.07, 6.45) is 1.83. The molecule has 3 aromatic rings. The predicted octanol–water partition coefficient (Wildman–Crippen LogP) is 3.55. The Morgan fingerprint density at radius 3 is 2.52 bits per heavy atom. The number of nitrogen functional groups attached to an aromatic ring is 1. The van der Waals surface area contributed by atoms with Crippen LogP contribution in [0.2, 0.25) is 0 Å². The topological polar surface area (TPSA) is 76.7 Å². The molecule has 0 unspecified atom stereocenters. The average molecular weight is 438 g/mol. The molecule has 2 N–H and O–H groups in total. The van der Waals surface area contributed by atoms with Crippen LogP contribution in [-0.2, 0) is 6.61 Å². The molecule has 0 radical (unpaired) electrons. The molecule has 0 bridgehead atoms. The lowest BCUT2D eigenvalue weighted by molar-refractivity contribution is 0.283. The summed E-state index contributed by atoms with van der Waals surface area (Å²) in [7, 11) is 3.76. The first-order valence-electron chi connectivity index (χ1n) is 10.2. The number of nitrogens with zero attached hydrogens (tertiary/aromatic N) is 4. The number of benzene rings is 2. The van der Waals surface area contributed by atoms with E-state index < -0.39 is 0 Å². The quantitative estimate of drug-likeness (QED) is 0.563. The maximum absolute atomic E-state index is 6.22. The number of hydrogen-bond acceptors (Lipinski definition) is 8. The molecule has 1 aliphatic heterocycles. The molecule has 0 atom stereocenters. The van der Waals surface area contributed by atoms with Crippen molar-refractivity contribution in [3.8, 4) is 11.6 Å². The first-order chi connectivity index (χ1) is 15.1. The Kier molecular flexibility index (Phi) is 6.79. The van der Waals surface area contributed by atoms with Crippen LogP contribution in [0, 0.1) is 0 Å². The van der Waals surface area contributed by atoms with Gasteiger partial charge >= 0.3 is 0 Å². The zero-order valence-electron chi connectivity index (χ0n) is 17.8. The van der Waals surface area contributed by atoms with Crippen molar-refractivity contribution in [3.05, 3.63) is 60.3 Å². The van der Waals surface area contributed by atoms with Crippen molar-refractivity contribution >= 4 is 23.4 Å². The summed E-state index contributed by atoms with van der Waals surface area (Å²) < 4.78 is 11.4. The first kappa shape index (κ1) is 21.3. The second kappa shape index (κ2) is 9.89. The second-order valence-corrected chi connectivity index (χ2v) is 8.49. The molecule has 1 aliphatic rings. The van der Waals surface area contributed by atoms with Gasteiger partial charge in [0.15, 0.2) is 0 Å². The van der Waals surface area contributed by atoms with Crippen LogP contribution < -0.4 is 20.1 Å². The fraction of sp³-hybridized carbons (Fsp3) is 0.304. The smallest absolute Gasteiger partial charge is 0.232 e. The number of rotatable bonds is 7. The van der Waals surface area contributed by atoms with Gasteiger partial charge in [-0.05, 0) is 24.7 Å². The average Bonchev–Trinajstić information content (AvgIpc) is 2.81. The Morgan fingerprint density at radius 2 is 1.81 bits per heavy atom. The van der Waals surface area contributed by atoms with Crippen molar-refractivity contribution in [2.45, 2.75) is 16.4 Å². The number of likely N-dealkylation sites (N-methyl/N-ethyl adjacent to an activating group) is 1. The minimum atomic E-state index is 0.436. The summed E-state index contributed by atoms with van der Waals surface area (Å²) in [5, 5.41) is 0. The largest absolute Gasteiger partial charge is 0.497 e. The molecule has 4 rings (SSSR count). The molecule has 1 saturated heterocycles. The van der Waals surface area contributed by atoms with E-state index in [0.29, 0.717) is 24.1 Å². The molecule has 7 nitrogen and oxygen atoms in total. The Bertz CT molecular complexity index is 1010. The van der Waals surface area contributed by atoms with E-state index in [-0.39, 0.29) is 0 Å². The van der Waals surface area contributed by atoms with Gasteiger partial charge in [-0.3, -0.25) is 0 Å². The lowest BCUT2D eigenvalue weighted by Crippen LogP contribution is -2.45. The molecule has 2 heterocycles. The standard InChI is InChI=1S/C23H27N5O2S/c1-27-10-12-28(13-11-27)23-25-15-21(31-20-9-8-18(29-2)14-19(20)24)22(26-23)30-16-17-6-4-3-5-7-17/h3-9,14-15H,10-13,16,24H2,1-2H3. The fourth-order valence-corrected chi connectivity index (χ4v) is 4.12. The second-order valence-electron chi connectivity index (χ2n) is 7.41. The van der Waals surface area contributed by atoms with Gasteiger partial charge in [-0.1, -0.05) is 42.1 Å². The number of anilines is 2. The number of hydrogen-bond donors (Lipinski definition) is 1. The number of ether oxygens (including phenoxy) is 2. The molecule has 0 saturated carbocycles. The Morgan fingerprint density at radius 1 is 1.03 bits per heavy atom. The lowest BCUT2D eigenvalue weighted by atomic mass is 10.2. The summed E-state index contributed by atoms with van der Waals surface area (Å²) in [5.74, 6) is 1.99. The molecule has 31 heavy (non-hydrogen) atoms. The van der Waals surface area contributed by atoms with Gasteiger partial charge in [0.1, 0.15) is 12.4 Å². The predicted molar refractivity (Wildman–Crippen MR) is 124 cm³/mol. The zero-order valence-corrected chi connectivity index (χ0v) is 18.6. The van der Waals surface area contributed by atoms with Gasteiger partial charge in [0, 0.05) is 42.8 Å². The lowest BCUT2D eigenvalue weighted by Gasteiger charge is -2.32. The number of nitrogens with two attached hydrogens (primary N) is 1. The van der Waals surface area contributed by atoms with E-state index in [1.807, 2.05) is 54.7 Å². The molecule has 0 spiro atoms. The van der Waals surface area contributed by atoms with Crippen LogP contribution in [0.3, 0.4) is 0 Å². The van der Waals surface area contributed by atoms with Crippen LogP contribution in [0.15, 0.2) is 64.5 Å². The third kappa shape index (κ3) is 5.39. The van der Waals surface area contributed by atoms with Crippen molar-refractivity contribution < 1.29 is 9.47 Å². The Hall–Kier alpha value is -2.97. The molecule has 0 amide bonds. The van der Waals surface area contributed by atoms with E-state index in [1.165, 1.54) is 11.8 Å². The highest BCUT2D eigenvalue weighted by Gasteiger charge is 2.19. The first-order valence-corrected chi connectivity index (χ1v) is 11.0. The SMILES string of the molecule is COc1ccc(Sc2cnc(N3CCN(C)CC3)nc2OCc2ccccc2)c(N)c1. The fourth-order valence-electron chi connectivity index (χ4n) is 3.27. The number of methoxy groups -OCH3 is 1. The van der Waals surface area contributed by atoms with Crippen LogP contribution in [0.5, 0.6) is 11.6 Å². The van der Waals surface area contributed by atoms with Crippen molar-refractivity contribution in [2.24, 2.45) is 0 Å². The highest BCUT2D eigenvalue weighted by molar-refractivity contribution is 7.99. The Labute approximate surface area is 187 Å². The molecule has 162 valence electrons. The van der Waals surface area contributed by atoms with Crippen LogP contribution in [0.1, 0.15) is 5.56 Å². The molecule has 8 heteroatoms. The van der Waals surface area contributed by atoms with Crippen molar-refractivity contribution in [3.63, 3.8) is 0 Å². The van der Waals surface area contributed by atoms with E-state index in [9.17, 15) is 0 Å². The van der Waals surface area contributed by atoms with E-state index in [4.69, 9.17) is 20.2 Å². The number of piperazine rings is 1. The summed E-state index contributed by atoms with van der Waals surface area (Å²) in [4.78, 5) is 15.7. The highest BCUT2D eigenvalue weighted by Crippen LogP contribution is 2.38. The van der Waals surface area contributed by atoms with Crippen LogP contribution in [0.25, 0.3) is 0 Å². The third-order valence-corrected chi connectivity index (χ3v) is 6.24. The third-order valence-electron chi connectivity index (χ3n) is 5.15. The zero-order chi connectivity index (χ0) is 21.6. The summed E-state index contributed by atoms with van der Waals surface area (Å²) in [6, 6.07) is 15.7. The maximum Gasteiger partial charge on any atom is 0.232 e. The summed E-state index contributed by atoms with van der Waals surface area (Å²) >= 11 is 1.49. The van der Waals surface area contributed by atoms with E-state index in [2.05, 4.69) is 21.8 Å². The van der Waals surface area contributed by atoms with Gasteiger partial charge in [-0.25, -0.2) is 4.98 Å². The van der Waals surface area contributed by atoms with Gasteiger partial charge in [0.05, 0.1) is 18.2 Å². The normalized spacial score (nSPS) is 14.5. The monoisotopic (exact) mass is 437 g/mol. The van der Waals surface area contributed by atoms with Gasteiger partial charge < -0.3 is 25.0 Å². The molecular weight excluding hydrogens is 410 g/mol. The van der Waals surface area contributed by atoms with Crippen LogP contribution in [-0.4, -0.2) is 55.2 Å². The maximum atomic E-state index is 6.22. The van der Waals surface area contributed by atoms with Crippen LogP contribution in [0.4, 0.5) is 11.6 Å². The molecule has 0 aliphatic carbocycles. The molecular formula is C23H27N5O2S.